The lowest BCUT2D eigenvalue weighted by atomic mass is 10.0. The summed E-state index contributed by atoms with van der Waals surface area (Å²) in [6.07, 6.45) is 0. The van der Waals surface area contributed by atoms with Gasteiger partial charge in [0.2, 0.25) is 5.78 Å². The van der Waals surface area contributed by atoms with Gasteiger partial charge in [0.15, 0.2) is 17.3 Å². The molecular formula is C26H23NO6. The van der Waals surface area contributed by atoms with Gasteiger partial charge in [0, 0.05) is 33.8 Å². The topological polar surface area (TPSA) is 87.0 Å². The highest BCUT2D eigenvalue weighted by Gasteiger charge is 2.21. The maximum absolute atomic E-state index is 13.1. The molecule has 0 saturated carbocycles. The van der Waals surface area contributed by atoms with E-state index in [1.54, 1.807) is 61.7 Å². The van der Waals surface area contributed by atoms with Gasteiger partial charge in [-0.1, -0.05) is 6.07 Å². The van der Waals surface area contributed by atoms with E-state index in [-0.39, 0.29) is 17.5 Å². The predicted molar refractivity (Wildman–Crippen MR) is 125 cm³/mol. The maximum Gasteiger partial charge on any atom is 0.255 e. The van der Waals surface area contributed by atoms with Crippen molar-refractivity contribution in [2.75, 3.05) is 26.6 Å². The molecule has 4 aromatic rings. The third kappa shape index (κ3) is 4.25. The minimum Gasteiger partial charge on any atom is -0.497 e. The first-order valence-electron chi connectivity index (χ1n) is 10.2. The molecule has 0 atom stereocenters. The molecule has 0 unspecified atom stereocenters. The van der Waals surface area contributed by atoms with E-state index in [4.69, 9.17) is 18.6 Å². The molecule has 4 rings (SSSR count). The van der Waals surface area contributed by atoms with Gasteiger partial charge in [-0.05, 0) is 55.5 Å². The number of ether oxygens (including phenoxy) is 3. The molecule has 0 radical (unpaired) electrons. The number of carbonyl (C=O) groups is 2. The first-order chi connectivity index (χ1) is 15.9. The van der Waals surface area contributed by atoms with Crippen molar-refractivity contribution in [2.45, 2.75) is 6.92 Å². The van der Waals surface area contributed by atoms with E-state index in [1.165, 1.54) is 14.2 Å². The van der Waals surface area contributed by atoms with Crippen LogP contribution < -0.4 is 19.5 Å². The van der Waals surface area contributed by atoms with Crippen LogP contribution in [0, 0.1) is 6.92 Å². The molecule has 7 nitrogen and oxygen atoms in total. The van der Waals surface area contributed by atoms with Crippen LogP contribution in [0.3, 0.4) is 0 Å². The number of benzene rings is 3. The molecule has 0 aliphatic carbocycles. The maximum atomic E-state index is 13.1. The highest BCUT2D eigenvalue weighted by Crippen LogP contribution is 2.32. The molecule has 1 N–H and O–H groups in total. The van der Waals surface area contributed by atoms with E-state index in [2.05, 4.69) is 5.32 Å². The minimum absolute atomic E-state index is 0.230. The van der Waals surface area contributed by atoms with Gasteiger partial charge < -0.3 is 23.9 Å². The van der Waals surface area contributed by atoms with Crippen molar-refractivity contribution < 1.29 is 28.2 Å². The number of rotatable bonds is 7. The van der Waals surface area contributed by atoms with E-state index in [0.717, 1.165) is 10.9 Å². The van der Waals surface area contributed by atoms with Gasteiger partial charge in [0.1, 0.15) is 11.3 Å². The van der Waals surface area contributed by atoms with Crippen molar-refractivity contribution in [3.05, 3.63) is 83.1 Å². The van der Waals surface area contributed by atoms with Crippen molar-refractivity contribution >= 4 is 28.3 Å². The molecular weight excluding hydrogens is 422 g/mol. The van der Waals surface area contributed by atoms with Crippen LogP contribution in [0.25, 0.3) is 11.0 Å². The lowest BCUT2D eigenvalue weighted by Crippen LogP contribution is -2.11. The second kappa shape index (κ2) is 9.08. The van der Waals surface area contributed by atoms with Crippen molar-refractivity contribution in [3.63, 3.8) is 0 Å². The summed E-state index contributed by atoms with van der Waals surface area (Å²) >= 11 is 0. The number of furan rings is 1. The van der Waals surface area contributed by atoms with Crippen LogP contribution in [0.5, 0.6) is 17.2 Å². The van der Waals surface area contributed by atoms with Gasteiger partial charge in [-0.25, -0.2) is 0 Å². The van der Waals surface area contributed by atoms with Crippen LogP contribution in [-0.2, 0) is 0 Å². The second-order valence-corrected chi connectivity index (χ2v) is 7.35. The minimum atomic E-state index is -0.279. The fourth-order valence-electron chi connectivity index (χ4n) is 3.60. The average Bonchev–Trinajstić information content (AvgIpc) is 3.18. The molecule has 1 amide bonds. The Morgan fingerprint density at radius 3 is 2.33 bits per heavy atom. The van der Waals surface area contributed by atoms with Gasteiger partial charge in [0.05, 0.1) is 21.3 Å². The van der Waals surface area contributed by atoms with Crippen molar-refractivity contribution in [1.29, 1.82) is 0 Å². The monoisotopic (exact) mass is 445 g/mol. The van der Waals surface area contributed by atoms with Crippen LogP contribution in [-0.4, -0.2) is 33.0 Å². The quantitative estimate of drug-likeness (QED) is 0.391. The molecule has 0 aliphatic heterocycles. The summed E-state index contributed by atoms with van der Waals surface area (Å²) in [6, 6.07) is 17.1. The molecule has 7 heteroatoms. The van der Waals surface area contributed by atoms with E-state index >= 15 is 0 Å². The number of anilines is 1. The molecule has 168 valence electrons. The number of fused-ring (bicyclic) bond motifs is 1. The number of hydrogen-bond donors (Lipinski definition) is 1. The Kier molecular flexibility index (Phi) is 6.04. The number of amides is 1. The first-order valence-corrected chi connectivity index (χ1v) is 10.2. The zero-order valence-corrected chi connectivity index (χ0v) is 18.7. The SMILES string of the molecule is COc1cccc(C(=O)Nc2ccc3c(C)c(C(=O)c4ccc(OC)c(OC)c4)oc3c2)c1. The molecule has 33 heavy (non-hydrogen) atoms. The molecule has 0 saturated heterocycles. The number of nitrogens with one attached hydrogen (secondary N) is 1. The Labute approximate surface area is 190 Å². The third-order valence-electron chi connectivity index (χ3n) is 5.38. The molecule has 0 aliphatic rings. The van der Waals surface area contributed by atoms with Gasteiger partial charge in [-0.3, -0.25) is 9.59 Å². The zero-order chi connectivity index (χ0) is 23.5. The zero-order valence-electron chi connectivity index (χ0n) is 18.7. The Hall–Kier alpha value is -4.26. The summed E-state index contributed by atoms with van der Waals surface area (Å²) in [7, 11) is 4.60. The van der Waals surface area contributed by atoms with Crippen molar-refractivity contribution in [3.8, 4) is 17.2 Å². The number of ketones is 1. The number of carbonyl (C=O) groups excluding carboxylic acids is 2. The van der Waals surface area contributed by atoms with Crippen molar-refractivity contribution in [2.24, 2.45) is 0 Å². The largest absolute Gasteiger partial charge is 0.497 e. The third-order valence-corrected chi connectivity index (χ3v) is 5.38. The van der Waals surface area contributed by atoms with Gasteiger partial charge in [0.25, 0.3) is 5.91 Å². The normalized spacial score (nSPS) is 10.7. The van der Waals surface area contributed by atoms with E-state index in [9.17, 15) is 9.59 Å². The number of hydrogen-bond acceptors (Lipinski definition) is 6. The predicted octanol–water partition coefficient (Wildman–Crippen LogP) is 5.25. The van der Waals surface area contributed by atoms with Gasteiger partial charge >= 0.3 is 0 Å². The summed E-state index contributed by atoms with van der Waals surface area (Å²) < 4.78 is 21.6. The van der Waals surface area contributed by atoms with Gasteiger partial charge in [-0.2, -0.15) is 0 Å². The van der Waals surface area contributed by atoms with E-state index in [0.29, 0.717) is 39.6 Å². The van der Waals surface area contributed by atoms with E-state index < -0.39 is 0 Å². The summed E-state index contributed by atoms with van der Waals surface area (Å²) in [5, 5.41) is 3.64. The summed E-state index contributed by atoms with van der Waals surface area (Å²) in [4.78, 5) is 25.8. The number of aryl methyl sites for hydroxylation is 1. The fraction of sp³-hybridized carbons (Fsp3) is 0.154. The van der Waals surface area contributed by atoms with Crippen LogP contribution in [0.4, 0.5) is 5.69 Å². The first kappa shape index (κ1) is 22.0. The Morgan fingerprint density at radius 1 is 0.818 bits per heavy atom. The molecule has 1 aromatic heterocycles. The summed E-state index contributed by atoms with van der Waals surface area (Å²) in [5.41, 5.74) is 2.65. The Bertz CT molecular complexity index is 1350. The average molecular weight is 445 g/mol. The highest BCUT2D eigenvalue weighted by molar-refractivity contribution is 6.11. The standard InChI is InChI=1S/C26H23NO6/c1-15-20-10-9-18(27-26(29)17-6-5-7-19(12-17)30-2)14-22(20)33-25(15)24(28)16-8-11-21(31-3)23(13-16)32-4/h5-14H,1-4H3,(H,27,29). The highest BCUT2D eigenvalue weighted by atomic mass is 16.5. The number of methoxy groups -OCH3 is 3. The fourth-order valence-corrected chi connectivity index (χ4v) is 3.60. The Morgan fingerprint density at radius 2 is 1.61 bits per heavy atom. The van der Waals surface area contributed by atoms with Crippen molar-refractivity contribution in [1.82, 2.24) is 0 Å². The summed E-state index contributed by atoms with van der Waals surface area (Å²) in [5.74, 6) is 1.27. The van der Waals surface area contributed by atoms with Gasteiger partial charge in [-0.15, -0.1) is 0 Å². The smallest absolute Gasteiger partial charge is 0.255 e. The molecule has 1 heterocycles. The Balaban J connectivity index is 1.63. The van der Waals surface area contributed by atoms with Crippen LogP contribution in [0.15, 0.2) is 65.1 Å². The van der Waals surface area contributed by atoms with Crippen LogP contribution >= 0.6 is 0 Å². The molecule has 0 spiro atoms. The molecule has 0 fully saturated rings. The van der Waals surface area contributed by atoms with Crippen LogP contribution in [0.2, 0.25) is 0 Å². The molecule has 3 aromatic carbocycles. The lowest BCUT2D eigenvalue weighted by Gasteiger charge is -2.08. The molecule has 0 bridgehead atoms. The lowest BCUT2D eigenvalue weighted by molar-refractivity contribution is 0.101. The van der Waals surface area contributed by atoms with Crippen LogP contribution in [0.1, 0.15) is 32.0 Å². The summed E-state index contributed by atoms with van der Waals surface area (Å²) in [6.45, 7) is 1.83. The second-order valence-electron chi connectivity index (χ2n) is 7.35. The van der Waals surface area contributed by atoms with E-state index in [1.807, 2.05) is 13.0 Å².